The van der Waals surface area contributed by atoms with Crippen LogP contribution in [0.5, 0.6) is 5.75 Å². The molecule has 24 heavy (non-hydrogen) atoms. The second-order valence-corrected chi connectivity index (χ2v) is 4.84. The fraction of sp³-hybridized carbons (Fsp3) is 0.0625. The predicted molar refractivity (Wildman–Crippen MR) is 82.6 cm³/mol. The number of aromatic carboxylic acids is 2. The molecule has 8 nitrogen and oxygen atoms in total. The Morgan fingerprint density at radius 1 is 0.833 bits per heavy atom. The minimum absolute atomic E-state index is 0.0322. The van der Waals surface area contributed by atoms with Gasteiger partial charge in [0, 0.05) is 0 Å². The molecule has 0 aliphatic rings. The third-order valence-corrected chi connectivity index (χ3v) is 3.05. The van der Waals surface area contributed by atoms with E-state index in [-0.39, 0.29) is 39.6 Å². The lowest BCUT2D eigenvalue weighted by Gasteiger charge is -2.02. The Labute approximate surface area is 135 Å². The fourth-order valence-electron chi connectivity index (χ4n) is 1.90. The number of aromatic hydroxyl groups is 1. The molecule has 0 saturated carbocycles. The first-order valence-corrected chi connectivity index (χ1v) is 6.65. The number of carboxylic acid groups (broad SMARTS) is 2. The van der Waals surface area contributed by atoms with Crippen molar-refractivity contribution in [2.45, 2.75) is 6.92 Å². The average Bonchev–Trinajstić information content (AvgIpc) is 2.53. The van der Waals surface area contributed by atoms with Gasteiger partial charge in [0.2, 0.25) is 0 Å². The standard InChI is InChI=1S/C16H12N2O6/c1-8(19)13-7-11(2-3-14(13)20)17-18-12-5-9(15(21)22)4-10(6-12)16(23)24/h2-7,20H,1H3,(H,21,22)(H,23,24). The summed E-state index contributed by atoms with van der Waals surface area (Å²) in [6.07, 6.45) is 0. The van der Waals surface area contributed by atoms with Gasteiger partial charge in [0.15, 0.2) is 5.78 Å². The Morgan fingerprint density at radius 2 is 1.38 bits per heavy atom. The molecule has 0 fully saturated rings. The summed E-state index contributed by atoms with van der Waals surface area (Å²) < 4.78 is 0. The van der Waals surface area contributed by atoms with Gasteiger partial charge in [0.25, 0.3) is 0 Å². The highest BCUT2D eigenvalue weighted by Gasteiger charge is 2.11. The number of hydrogen-bond donors (Lipinski definition) is 3. The number of hydrogen-bond acceptors (Lipinski definition) is 6. The molecular weight excluding hydrogens is 316 g/mol. The number of rotatable bonds is 5. The highest BCUT2D eigenvalue weighted by molar-refractivity contribution is 5.97. The van der Waals surface area contributed by atoms with Crippen LogP contribution in [-0.2, 0) is 0 Å². The number of carboxylic acids is 2. The largest absolute Gasteiger partial charge is 0.507 e. The first-order valence-electron chi connectivity index (χ1n) is 6.65. The van der Waals surface area contributed by atoms with Gasteiger partial charge in [-0.05, 0) is 43.3 Å². The van der Waals surface area contributed by atoms with E-state index in [1.165, 1.54) is 37.3 Å². The number of azo groups is 1. The molecule has 3 N–H and O–H groups in total. The molecule has 0 aromatic heterocycles. The van der Waals surface area contributed by atoms with Crippen molar-refractivity contribution in [2.24, 2.45) is 10.2 Å². The lowest BCUT2D eigenvalue weighted by molar-refractivity contribution is 0.0696. The molecule has 2 aromatic carbocycles. The zero-order chi connectivity index (χ0) is 17.9. The van der Waals surface area contributed by atoms with Crippen molar-refractivity contribution in [3.8, 4) is 5.75 Å². The average molecular weight is 328 g/mol. The van der Waals surface area contributed by atoms with Crippen LogP contribution < -0.4 is 0 Å². The molecule has 8 heteroatoms. The molecule has 0 saturated heterocycles. The third kappa shape index (κ3) is 3.80. The first-order chi connectivity index (χ1) is 11.3. The van der Waals surface area contributed by atoms with Gasteiger partial charge < -0.3 is 15.3 Å². The number of benzene rings is 2. The Morgan fingerprint density at radius 3 is 1.88 bits per heavy atom. The molecule has 2 aromatic rings. The number of Topliss-reactive ketones (excluding diaryl/α,β-unsaturated/α-hetero) is 1. The van der Waals surface area contributed by atoms with Crippen molar-refractivity contribution in [1.82, 2.24) is 0 Å². The van der Waals surface area contributed by atoms with E-state index in [9.17, 15) is 19.5 Å². The maximum Gasteiger partial charge on any atom is 0.335 e. The van der Waals surface area contributed by atoms with Gasteiger partial charge in [-0.25, -0.2) is 9.59 Å². The monoisotopic (exact) mass is 328 g/mol. The quantitative estimate of drug-likeness (QED) is 0.568. The SMILES string of the molecule is CC(=O)c1cc(N=Nc2cc(C(=O)O)cc(C(=O)O)c2)ccc1O. The number of phenols is 1. The summed E-state index contributed by atoms with van der Waals surface area (Å²) in [6, 6.07) is 7.36. The van der Waals surface area contributed by atoms with Crippen LogP contribution in [0.4, 0.5) is 11.4 Å². The summed E-state index contributed by atoms with van der Waals surface area (Å²) in [7, 11) is 0. The van der Waals surface area contributed by atoms with Crippen molar-refractivity contribution < 1.29 is 29.7 Å². The highest BCUT2D eigenvalue weighted by atomic mass is 16.4. The van der Waals surface area contributed by atoms with E-state index < -0.39 is 11.9 Å². The van der Waals surface area contributed by atoms with Crippen molar-refractivity contribution in [3.05, 3.63) is 53.1 Å². The van der Waals surface area contributed by atoms with Gasteiger partial charge in [0.1, 0.15) is 5.75 Å². The van der Waals surface area contributed by atoms with Gasteiger partial charge in [-0.2, -0.15) is 10.2 Å². The molecule has 122 valence electrons. The summed E-state index contributed by atoms with van der Waals surface area (Å²) in [5, 5.41) is 35.2. The van der Waals surface area contributed by atoms with Crippen molar-refractivity contribution in [1.29, 1.82) is 0 Å². The van der Waals surface area contributed by atoms with Gasteiger partial charge >= 0.3 is 11.9 Å². The van der Waals surface area contributed by atoms with E-state index >= 15 is 0 Å². The number of nitrogens with zero attached hydrogens (tertiary/aromatic N) is 2. The molecule has 2 rings (SSSR count). The number of phenolic OH excluding ortho intramolecular Hbond substituents is 1. The summed E-state index contributed by atoms with van der Waals surface area (Å²) in [4.78, 5) is 33.4. The Kier molecular flexibility index (Phi) is 4.69. The Hall–Kier alpha value is -3.55. The van der Waals surface area contributed by atoms with Crippen LogP contribution in [0.15, 0.2) is 46.6 Å². The van der Waals surface area contributed by atoms with Gasteiger partial charge in [0.05, 0.1) is 28.1 Å². The van der Waals surface area contributed by atoms with E-state index in [1.54, 1.807) is 0 Å². The third-order valence-electron chi connectivity index (χ3n) is 3.05. The molecule has 0 atom stereocenters. The summed E-state index contributed by atoms with van der Waals surface area (Å²) in [6.45, 7) is 1.28. The zero-order valence-corrected chi connectivity index (χ0v) is 12.4. The number of ketones is 1. The maximum atomic E-state index is 11.4. The molecule has 0 amide bonds. The smallest absolute Gasteiger partial charge is 0.335 e. The molecule has 0 aliphatic heterocycles. The highest BCUT2D eigenvalue weighted by Crippen LogP contribution is 2.26. The van der Waals surface area contributed by atoms with Crippen molar-refractivity contribution in [3.63, 3.8) is 0 Å². The molecule has 0 unspecified atom stereocenters. The molecule has 0 bridgehead atoms. The van der Waals surface area contributed by atoms with Gasteiger partial charge in [-0.15, -0.1) is 0 Å². The van der Waals surface area contributed by atoms with Gasteiger partial charge in [-0.1, -0.05) is 0 Å². The minimum atomic E-state index is -1.29. The number of carbonyl (C=O) groups is 3. The first kappa shape index (κ1) is 16.8. The maximum absolute atomic E-state index is 11.4. The van der Waals surface area contributed by atoms with Crippen molar-refractivity contribution in [2.75, 3.05) is 0 Å². The van der Waals surface area contributed by atoms with Crippen LogP contribution in [0.25, 0.3) is 0 Å². The lowest BCUT2D eigenvalue weighted by Crippen LogP contribution is -2.01. The van der Waals surface area contributed by atoms with E-state index in [4.69, 9.17) is 10.2 Å². The van der Waals surface area contributed by atoms with E-state index in [2.05, 4.69) is 10.2 Å². The van der Waals surface area contributed by atoms with Crippen LogP contribution >= 0.6 is 0 Å². The van der Waals surface area contributed by atoms with E-state index in [1.807, 2.05) is 0 Å². The molecular formula is C16H12N2O6. The van der Waals surface area contributed by atoms with Gasteiger partial charge in [-0.3, -0.25) is 4.79 Å². The fourth-order valence-corrected chi connectivity index (χ4v) is 1.90. The summed E-state index contributed by atoms with van der Waals surface area (Å²) in [5.41, 5.74) is -0.129. The predicted octanol–water partition coefficient (Wildman–Crippen LogP) is 3.41. The van der Waals surface area contributed by atoms with Crippen molar-refractivity contribution >= 4 is 29.1 Å². The van der Waals surface area contributed by atoms with E-state index in [0.717, 1.165) is 6.07 Å². The Balaban J connectivity index is 2.42. The van der Waals surface area contributed by atoms with E-state index in [0.29, 0.717) is 0 Å². The molecule has 0 radical (unpaired) electrons. The van der Waals surface area contributed by atoms with Crippen LogP contribution in [0.3, 0.4) is 0 Å². The second-order valence-electron chi connectivity index (χ2n) is 4.84. The summed E-state index contributed by atoms with van der Waals surface area (Å²) >= 11 is 0. The zero-order valence-electron chi connectivity index (χ0n) is 12.4. The molecule has 0 aliphatic carbocycles. The Bertz CT molecular complexity index is 841. The minimum Gasteiger partial charge on any atom is -0.507 e. The normalized spacial score (nSPS) is 10.7. The van der Waals surface area contributed by atoms with Crippen LogP contribution in [0.2, 0.25) is 0 Å². The number of carbonyl (C=O) groups excluding carboxylic acids is 1. The van der Waals surface area contributed by atoms with Crippen LogP contribution in [0, 0.1) is 0 Å². The molecule has 0 spiro atoms. The summed E-state index contributed by atoms with van der Waals surface area (Å²) in [5.74, 6) is -3.14. The van der Waals surface area contributed by atoms with Crippen LogP contribution in [0.1, 0.15) is 38.0 Å². The molecule has 0 heterocycles. The van der Waals surface area contributed by atoms with Crippen LogP contribution in [-0.4, -0.2) is 33.0 Å². The second kappa shape index (κ2) is 6.69. The topological polar surface area (TPSA) is 137 Å². The lowest BCUT2D eigenvalue weighted by atomic mass is 10.1.